The summed E-state index contributed by atoms with van der Waals surface area (Å²) in [6, 6.07) is 27.5. The van der Waals surface area contributed by atoms with Gasteiger partial charge < -0.3 is 10.2 Å². The molecule has 0 spiro atoms. The number of aromatic nitrogens is 2. The van der Waals surface area contributed by atoms with E-state index < -0.39 is 0 Å². The second kappa shape index (κ2) is 11.7. The van der Waals surface area contributed by atoms with Gasteiger partial charge in [-0.05, 0) is 35.6 Å². The van der Waals surface area contributed by atoms with Crippen molar-refractivity contribution in [2.45, 2.75) is 33.4 Å². The van der Waals surface area contributed by atoms with E-state index in [1.54, 1.807) is 0 Å². The van der Waals surface area contributed by atoms with Crippen molar-refractivity contribution in [3.05, 3.63) is 119 Å². The second-order valence-electron chi connectivity index (χ2n) is 9.95. The molecule has 0 aliphatic rings. The van der Waals surface area contributed by atoms with E-state index in [4.69, 9.17) is 0 Å². The fraction of sp³-hybridized carbons (Fsp3) is 0.219. The van der Waals surface area contributed by atoms with Crippen molar-refractivity contribution >= 4 is 28.1 Å². The molecule has 0 aliphatic carbocycles. The molecule has 0 unspecified atom stereocenters. The Balaban J connectivity index is 1.48. The average Bonchev–Trinajstić information content (AvgIpc) is 3.53. The minimum absolute atomic E-state index is 0.0630. The van der Waals surface area contributed by atoms with E-state index in [1.807, 2.05) is 113 Å². The molecule has 39 heavy (non-hydrogen) atoms. The van der Waals surface area contributed by atoms with Crippen LogP contribution < -0.4 is 5.32 Å². The Hall–Kier alpha value is -4.23. The summed E-state index contributed by atoms with van der Waals surface area (Å²) >= 11 is 1.50. The lowest BCUT2D eigenvalue weighted by Crippen LogP contribution is -2.49. The predicted molar refractivity (Wildman–Crippen MR) is 157 cm³/mol. The Morgan fingerprint density at radius 2 is 1.62 bits per heavy atom. The number of thiazole rings is 1. The zero-order chi connectivity index (χ0) is 27.4. The molecule has 6 nitrogen and oxygen atoms in total. The molecular weight excluding hydrogens is 504 g/mol. The molecule has 5 aromatic rings. The van der Waals surface area contributed by atoms with Gasteiger partial charge in [-0.2, -0.15) is 0 Å². The standard InChI is InChI=1S/C32H32N4O2S/c1-22(2)28(20-33-30(37)29-23(3)34-32-35(29)18-19-39-32)36(21-24-12-6-4-7-13-24)31(38)27-17-11-10-16-26(27)25-14-8-5-9-15-25/h4-19,22,28H,20-21H2,1-3H3,(H,33,37)/t28-/m1/s1. The summed E-state index contributed by atoms with van der Waals surface area (Å²) in [6.07, 6.45) is 1.86. The molecule has 198 valence electrons. The number of nitrogens with one attached hydrogen (secondary N) is 1. The molecule has 1 N–H and O–H groups in total. The number of carbonyl (C=O) groups is 2. The second-order valence-corrected chi connectivity index (χ2v) is 10.8. The number of nitrogens with zero attached hydrogens (tertiary/aromatic N) is 3. The molecule has 3 aromatic carbocycles. The Labute approximate surface area is 232 Å². The minimum atomic E-state index is -0.239. The third kappa shape index (κ3) is 5.64. The van der Waals surface area contributed by atoms with Crippen LogP contribution in [0.2, 0.25) is 0 Å². The van der Waals surface area contributed by atoms with Crippen molar-refractivity contribution in [3.8, 4) is 11.1 Å². The summed E-state index contributed by atoms with van der Waals surface area (Å²) in [4.78, 5) is 34.9. The van der Waals surface area contributed by atoms with Crippen molar-refractivity contribution in [2.24, 2.45) is 5.92 Å². The molecule has 0 bridgehead atoms. The van der Waals surface area contributed by atoms with Gasteiger partial charge in [-0.25, -0.2) is 4.98 Å². The van der Waals surface area contributed by atoms with E-state index in [1.165, 1.54) is 11.3 Å². The molecule has 2 aromatic heterocycles. The smallest absolute Gasteiger partial charge is 0.270 e. The number of hydrogen-bond donors (Lipinski definition) is 1. The molecule has 0 aliphatic heterocycles. The van der Waals surface area contributed by atoms with E-state index in [2.05, 4.69) is 24.1 Å². The van der Waals surface area contributed by atoms with Gasteiger partial charge in [-0.3, -0.25) is 14.0 Å². The molecule has 0 radical (unpaired) electrons. The number of benzene rings is 3. The molecule has 0 fully saturated rings. The normalized spacial score (nSPS) is 12.0. The van der Waals surface area contributed by atoms with Crippen LogP contribution in [0.5, 0.6) is 0 Å². The SMILES string of the molecule is Cc1nc2sccn2c1C(=O)NC[C@H](C(C)C)N(Cc1ccccc1)C(=O)c1ccccc1-c1ccccc1. The first-order valence-electron chi connectivity index (χ1n) is 13.1. The van der Waals surface area contributed by atoms with Gasteiger partial charge in [-0.1, -0.05) is 92.7 Å². The molecule has 1 atom stereocenters. The van der Waals surface area contributed by atoms with Crippen molar-refractivity contribution in [2.75, 3.05) is 6.54 Å². The molecule has 2 amide bonds. The number of imidazole rings is 1. The van der Waals surface area contributed by atoms with Gasteiger partial charge in [0.15, 0.2) is 4.96 Å². The lowest BCUT2D eigenvalue weighted by atomic mass is 9.96. The number of fused-ring (bicyclic) bond motifs is 1. The highest BCUT2D eigenvalue weighted by molar-refractivity contribution is 7.15. The highest BCUT2D eigenvalue weighted by Gasteiger charge is 2.30. The monoisotopic (exact) mass is 536 g/mol. The molecule has 0 saturated heterocycles. The summed E-state index contributed by atoms with van der Waals surface area (Å²) in [5.74, 6) is -0.164. The van der Waals surface area contributed by atoms with Gasteiger partial charge in [0.25, 0.3) is 11.8 Å². The zero-order valence-corrected chi connectivity index (χ0v) is 23.2. The quantitative estimate of drug-likeness (QED) is 0.235. The first-order valence-corrected chi connectivity index (χ1v) is 14.0. The van der Waals surface area contributed by atoms with Crippen LogP contribution >= 0.6 is 11.3 Å². The van der Waals surface area contributed by atoms with Crippen LogP contribution in [-0.2, 0) is 6.54 Å². The first-order chi connectivity index (χ1) is 18.9. The van der Waals surface area contributed by atoms with E-state index in [-0.39, 0.29) is 23.8 Å². The van der Waals surface area contributed by atoms with Gasteiger partial charge in [0.1, 0.15) is 5.69 Å². The van der Waals surface area contributed by atoms with Gasteiger partial charge in [0.2, 0.25) is 0 Å². The van der Waals surface area contributed by atoms with Crippen LogP contribution in [0.4, 0.5) is 0 Å². The van der Waals surface area contributed by atoms with E-state index in [9.17, 15) is 9.59 Å². The Kier molecular flexibility index (Phi) is 7.89. The van der Waals surface area contributed by atoms with Gasteiger partial charge >= 0.3 is 0 Å². The lowest BCUT2D eigenvalue weighted by Gasteiger charge is -2.35. The van der Waals surface area contributed by atoms with Crippen molar-refractivity contribution in [1.29, 1.82) is 0 Å². The topological polar surface area (TPSA) is 66.7 Å². The van der Waals surface area contributed by atoms with Gasteiger partial charge in [0, 0.05) is 30.2 Å². The third-order valence-corrected chi connectivity index (χ3v) is 7.75. The van der Waals surface area contributed by atoms with E-state index in [0.717, 1.165) is 21.7 Å². The van der Waals surface area contributed by atoms with Crippen molar-refractivity contribution in [3.63, 3.8) is 0 Å². The number of carbonyl (C=O) groups excluding carboxylic acids is 2. The fourth-order valence-electron chi connectivity index (χ4n) is 4.97. The van der Waals surface area contributed by atoms with Crippen molar-refractivity contribution < 1.29 is 9.59 Å². The van der Waals surface area contributed by atoms with Crippen LogP contribution in [0.1, 0.15) is 46.0 Å². The Bertz CT molecular complexity index is 1570. The molecule has 0 saturated carbocycles. The molecule has 5 rings (SSSR count). The maximum Gasteiger partial charge on any atom is 0.270 e. The van der Waals surface area contributed by atoms with Crippen LogP contribution in [0, 0.1) is 12.8 Å². The summed E-state index contributed by atoms with van der Waals surface area (Å²) in [7, 11) is 0. The van der Waals surface area contributed by atoms with Gasteiger partial charge in [0.05, 0.1) is 11.7 Å². The minimum Gasteiger partial charge on any atom is -0.349 e. The summed E-state index contributed by atoms with van der Waals surface area (Å²) in [5.41, 5.74) is 4.78. The maximum atomic E-state index is 14.4. The third-order valence-electron chi connectivity index (χ3n) is 6.99. The number of rotatable bonds is 9. The van der Waals surface area contributed by atoms with E-state index >= 15 is 0 Å². The molecule has 7 heteroatoms. The average molecular weight is 537 g/mol. The Morgan fingerprint density at radius 3 is 2.33 bits per heavy atom. The largest absolute Gasteiger partial charge is 0.349 e. The summed E-state index contributed by atoms with van der Waals surface area (Å²) < 4.78 is 1.82. The number of hydrogen-bond acceptors (Lipinski definition) is 4. The predicted octanol–water partition coefficient (Wildman–Crippen LogP) is 6.47. The highest BCUT2D eigenvalue weighted by atomic mass is 32.1. The maximum absolute atomic E-state index is 14.4. The highest BCUT2D eigenvalue weighted by Crippen LogP contribution is 2.27. The summed E-state index contributed by atoms with van der Waals surface area (Å²) in [6.45, 7) is 6.78. The number of aryl methyl sites for hydroxylation is 1. The zero-order valence-electron chi connectivity index (χ0n) is 22.4. The number of amides is 2. The molecular formula is C32H32N4O2S. The van der Waals surface area contributed by atoms with Crippen LogP contribution in [0.15, 0.2) is 96.5 Å². The van der Waals surface area contributed by atoms with Crippen LogP contribution in [0.25, 0.3) is 16.1 Å². The Morgan fingerprint density at radius 1 is 0.949 bits per heavy atom. The van der Waals surface area contributed by atoms with Crippen LogP contribution in [-0.4, -0.2) is 38.7 Å². The lowest BCUT2D eigenvalue weighted by molar-refractivity contribution is 0.0593. The first kappa shape index (κ1) is 26.4. The molecule has 2 heterocycles. The fourth-order valence-corrected chi connectivity index (χ4v) is 5.73. The van der Waals surface area contributed by atoms with E-state index in [0.29, 0.717) is 30.0 Å². The summed E-state index contributed by atoms with van der Waals surface area (Å²) in [5, 5.41) is 5.04. The van der Waals surface area contributed by atoms with Gasteiger partial charge in [-0.15, -0.1) is 11.3 Å². The van der Waals surface area contributed by atoms with Crippen LogP contribution in [0.3, 0.4) is 0 Å². The van der Waals surface area contributed by atoms with Crippen molar-refractivity contribution in [1.82, 2.24) is 19.6 Å².